The van der Waals surface area contributed by atoms with Gasteiger partial charge in [-0.25, -0.2) is 13.6 Å². The normalized spacial score (nSPS) is 10.7. The molecule has 0 aliphatic carbocycles. The number of rotatable bonds is 3. The summed E-state index contributed by atoms with van der Waals surface area (Å²) in [5.74, 6) is -1.97. The monoisotopic (exact) mass is 266 g/mol. The predicted molar refractivity (Wildman–Crippen MR) is 66.1 cm³/mol. The first-order valence-electron chi connectivity index (χ1n) is 5.77. The van der Waals surface area contributed by atoms with Crippen molar-refractivity contribution < 1.29 is 8.78 Å². The summed E-state index contributed by atoms with van der Waals surface area (Å²) in [6.45, 7) is 2.11. The Morgan fingerprint density at radius 2 is 1.84 bits per heavy atom. The third-order valence-electron chi connectivity index (χ3n) is 2.81. The van der Waals surface area contributed by atoms with Gasteiger partial charge in [0.25, 0.3) is 5.56 Å². The maximum absolute atomic E-state index is 13.1. The first kappa shape index (κ1) is 13.2. The minimum atomic E-state index is -1.00. The first-order valence-corrected chi connectivity index (χ1v) is 5.77. The van der Waals surface area contributed by atoms with Crippen molar-refractivity contribution in [3.8, 4) is 0 Å². The molecule has 100 valence electrons. The number of aromatic nitrogens is 2. The van der Waals surface area contributed by atoms with Crippen molar-refractivity contribution in [2.24, 2.45) is 0 Å². The molecular formula is C13H12F2N2O2. The molecule has 0 saturated heterocycles. The molecule has 0 amide bonds. The third kappa shape index (κ3) is 2.62. The maximum atomic E-state index is 13.1. The Bertz CT molecular complexity index is 719. The lowest BCUT2D eigenvalue weighted by Gasteiger charge is -2.08. The maximum Gasteiger partial charge on any atom is 0.331 e. The zero-order valence-electron chi connectivity index (χ0n) is 10.3. The number of hydrogen-bond donors (Lipinski definition) is 0. The second-order valence-electron chi connectivity index (χ2n) is 4.06. The predicted octanol–water partition coefficient (Wildman–Crippen LogP) is 1.36. The van der Waals surface area contributed by atoms with Crippen LogP contribution in [0.25, 0.3) is 0 Å². The number of aryl methyl sites for hydroxylation is 1. The first-order chi connectivity index (χ1) is 9.02. The molecule has 2 aromatic rings. The highest BCUT2D eigenvalue weighted by Gasteiger charge is 2.07. The van der Waals surface area contributed by atoms with Crippen molar-refractivity contribution in [3.63, 3.8) is 0 Å². The fraction of sp³-hybridized carbons (Fsp3) is 0.231. The van der Waals surface area contributed by atoms with Crippen LogP contribution >= 0.6 is 0 Å². The summed E-state index contributed by atoms with van der Waals surface area (Å²) in [6, 6.07) is 4.56. The van der Waals surface area contributed by atoms with Crippen LogP contribution in [-0.4, -0.2) is 9.13 Å². The second-order valence-corrected chi connectivity index (χ2v) is 4.06. The highest BCUT2D eigenvalue weighted by Crippen LogP contribution is 2.08. The molecule has 0 aliphatic rings. The van der Waals surface area contributed by atoms with Crippen LogP contribution in [0.5, 0.6) is 0 Å². The van der Waals surface area contributed by atoms with Crippen LogP contribution in [-0.2, 0) is 13.1 Å². The minimum Gasteiger partial charge on any atom is -0.301 e. The second kappa shape index (κ2) is 5.17. The van der Waals surface area contributed by atoms with E-state index < -0.39 is 22.9 Å². The smallest absolute Gasteiger partial charge is 0.301 e. The number of nitrogens with zero attached hydrogens (tertiary/aromatic N) is 2. The highest BCUT2D eigenvalue weighted by atomic mass is 19.2. The molecule has 1 aromatic heterocycles. The average Bonchev–Trinajstić information content (AvgIpc) is 2.39. The number of benzene rings is 1. The van der Waals surface area contributed by atoms with E-state index in [4.69, 9.17) is 0 Å². The standard InChI is InChI=1S/C13H12F2N2O2/c1-2-16-6-5-12(18)17(13(16)19)8-9-3-4-10(14)11(15)7-9/h3-7H,2,8H2,1H3. The summed E-state index contributed by atoms with van der Waals surface area (Å²) in [6.07, 6.45) is 1.41. The van der Waals surface area contributed by atoms with E-state index in [2.05, 4.69) is 0 Å². The van der Waals surface area contributed by atoms with E-state index >= 15 is 0 Å². The lowest BCUT2D eigenvalue weighted by Crippen LogP contribution is -2.39. The molecule has 6 heteroatoms. The van der Waals surface area contributed by atoms with Crippen molar-refractivity contribution in [3.05, 3.63) is 68.5 Å². The molecule has 0 spiro atoms. The summed E-state index contributed by atoms with van der Waals surface area (Å²) < 4.78 is 28.2. The topological polar surface area (TPSA) is 44.0 Å². The van der Waals surface area contributed by atoms with Crippen LogP contribution in [0, 0.1) is 11.6 Å². The van der Waals surface area contributed by atoms with E-state index in [-0.39, 0.29) is 6.54 Å². The van der Waals surface area contributed by atoms with Crippen LogP contribution in [0.15, 0.2) is 40.1 Å². The van der Waals surface area contributed by atoms with Gasteiger partial charge in [-0.05, 0) is 24.6 Å². The van der Waals surface area contributed by atoms with Crippen molar-refractivity contribution >= 4 is 0 Å². The Hall–Kier alpha value is -2.24. The summed E-state index contributed by atoms with van der Waals surface area (Å²) in [5.41, 5.74) is -0.592. The highest BCUT2D eigenvalue weighted by molar-refractivity contribution is 5.18. The zero-order valence-corrected chi connectivity index (χ0v) is 10.3. The van der Waals surface area contributed by atoms with Gasteiger partial charge in [0.05, 0.1) is 6.54 Å². The summed E-state index contributed by atoms with van der Waals surface area (Å²) >= 11 is 0. The largest absolute Gasteiger partial charge is 0.331 e. The molecule has 0 saturated carbocycles. The summed E-state index contributed by atoms with van der Waals surface area (Å²) in [4.78, 5) is 23.6. The van der Waals surface area contributed by atoms with Crippen LogP contribution in [0.4, 0.5) is 8.78 Å². The third-order valence-corrected chi connectivity index (χ3v) is 2.81. The molecule has 1 aromatic carbocycles. The minimum absolute atomic E-state index is 0.0876. The van der Waals surface area contributed by atoms with Gasteiger partial charge in [0.2, 0.25) is 0 Å². The van der Waals surface area contributed by atoms with E-state index in [1.165, 1.54) is 22.9 Å². The molecular weight excluding hydrogens is 254 g/mol. The van der Waals surface area contributed by atoms with Gasteiger partial charge in [0.1, 0.15) is 0 Å². The molecule has 0 fully saturated rings. The van der Waals surface area contributed by atoms with Gasteiger partial charge in [-0.3, -0.25) is 9.36 Å². The molecule has 19 heavy (non-hydrogen) atoms. The molecule has 0 bridgehead atoms. The van der Waals surface area contributed by atoms with Gasteiger partial charge in [-0.1, -0.05) is 6.07 Å². The fourth-order valence-electron chi connectivity index (χ4n) is 1.76. The summed E-state index contributed by atoms with van der Waals surface area (Å²) in [5, 5.41) is 0. The van der Waals surface area contributed by atoms with Crippen LogP contribution < -0.4 is 11.2 Å². The van der Waals surface area contributed by atoms with Gasteiger partial charge in [-0.2, -0.15) is 0 Å². The molecule has 0 aliphatic heterocycles. The Morgan fingerprint density at radius 3 is 2.47 bits per heavy atom. The Balaban J connectivity index is 2.46. The van der Waals surface area contributed by atoms with Crippen LogP contribution in [0.3, 0.4) is 0 Å². The Kier molecular flexibility index (Phi) is 3.59. The fourth-order valence-corrected chi connectivity index (χ4v) is 1.76. The van der Waals surface area contributed by atoms with Crippen molar-refractivity contribution in [2.45, 2.75) is 20.0 Å². The molecule has 2 rings (SSSR count). The Morgan fingerprint density at radius 1 is 1.11 bits per heavy atom. The number of hydrogen-bond acceptors (Lipinski definition) is 2. The van der Waals surface area contributed by atoms with E-state index in [0.717, 1.165) is 16.7 Å². The molecule has 1 heterocycles. The lowest BCUT2D eigenvalue weighted by atomic mass is 10.2. The van der Waals surface area contributed by atoms with E-state index in [9.17, 15) is 18.4 Å². The van der Waals surface area contributed by atoms with Crippen LogP contribution in [0.2, 0.25) is 0 Å². The van der Waals surface area contributed by atoms with Gasteiger partial charge in [-0.15, -0.1) is 0 Å². The van der Waals surface area contributed by atoms with Gasteiger partial charge < -0.3 is 4.57 Å². The van der Waals surface area contributed by atoms with Crippen molar-refractivity contribution in [2.75, 3.05) is 0 Å². The Labute approximate surface area is 107 Å². The van der Waals surface area contributed by atoms with Crippen molar-refractivity contribution in [1.29, 1.82) is 0 Å². The van der Waals surface area contributed by atoms with Gasteiger partial charge >= 0.3 is 5.69 Å². The van der Waals surface area contributed by atoms with E-state index in [1.807, 2.05) is 0 Å². The molecule has 0 atom stereocenters. The zero-order chi connectivity index (χ0) is 14.0. The molecule has 0 unspecified atom stereocenters. The quantitative estimate of drug-likeness (QED) is 0.842. The van der Waals surface area contributed by atoms with Crippen LogP contribution in [0.1, 0.15) is 12.5 Å². The van der Waals surface area contributed by atoms with Crippen molar-refractivity contribution in [1.82, 2.24) is 9.13 Å². The average molecular weight is 266 g/mol. The van der Waals surface area contributed by atoms with E-state index in [0.29, 0.717) is 12.1 Å². The number of halogens is 2. The summed E-state index contributed by atoms with van der Waals surface area (Å²) in [7, 11) is 0. The lowest BCUT2D eigenvalue weighted by molar-refractivity contribution is 0.505. The molecule has 0 radical (unpaired) electrons. The molecule has 0 N–H and O–H groups in total. The molecule has 4 nitrogen and oxygen atoms in total. The SMILES string of the molecule is CCn1ccc(=O)n(Cc2ccc(F)c(F)c2)c1=O. The van der Waals surface area contributed by atoms with Gasteiger partial charge in [0, 0.05) is 18.8 Å². The van der Waals surface area contributed by atoms with E-state index in [1.54, 1.807) is 6.92 Å². The van der Waals surface area contributed by atoms with Gasteiger partial charge in [0.15, 0.2) is 11.6 Å².